The van der Waals surface area contributed by atoms with Gasteiger partial charge in [-0.15, -0.1) is 0 Å². The van der Waals surface area contributed by atoms with Gasteiger partial charge in [0.15, 0.2) is 0 Å². The third kappa shape index (κ3) is 4.76. The number of carbonyl (C=O) groups is 2. The zero-order chi connectivity index (χ0) is 17.7. The van der Waals surface area contributed by atoms with Crippen molar-refractivity contribution in [1.82, 2.24) is 14.9 Å². The van der Waals surface area contributed by atoms with Gasteiger partial charge in [0, 0.05) is 45.2 Å². The van der Waals surface area contributed by atoms with Crippen LogP contribution >= 0.6 is 0 Å². The number of nitrogens with one attached hydrogen (secondary N) is 3. The van der Waals surface area contributed by atoms with E-state index in [1.54, 1.807) is 0 Å². The van der Waals surface area contributed by atoms with Crippen LogP contribution in [-0.4, -0.2) is 57.8 Å². The summed E-state index contributed by atoms with van der Waals surface area (Å²) in [7, 11) is -2.40. The van der Waals surface area contributed by atoms with E-state index < -0.39 is 10.0 Å². The first kappa shape index (κ1) is 18.4. The van der Waals surface area contributed by atoms with Crippen LogP contribution in [0.15, 0.2) is 29.2 Å². The number of benzene rings is 1. The molecule has 8 nitrogen and oxygen atoms in total. The number of hydrogen-bond acceptors (Lipinski definition) is 5. The van der Waals surface area contributed by atoms with E-state index in [0.29, 0.717) is 18.2 Å². The van der Waals surface area contributed by atoms with Crippen molar-refractivity contribution in [3.63, 3.8) is 0 Å². The van der Waals surface area contributed by atoms with Crippen molar-refractivity contribution in [3.05, 3.63) is 24.3 Å². The lowest BCUT2D eigenvalue weighted by atomic mass is 10.0. The molecule has 0 aliphatic carbocycles. The first-order valence-electron chi connectivity index (χ1n) is 7.60. The first-order valence-corrected chi connectivity index (χ1v) is 9.04. The van der Waals surface area contributed by atoms with Crippen LogP contribution in [0.1, 0.15) is 6.92 Å². The number of carbonyl (C=O) groups excluding carboxylic acids is 2. The van der Waals surface area contributed by atoms with Crippen LogP contribution in [0.2, 0.25) is 0 Å². The largest absolute Gasteiger partial charge is 0.355 e. The van der Waals surface area contributed by atoms with Gasteiger partial charge in [-0.1, -0.05) is 0 Å². The summed E-state index contributed by atoms with van der Waals surface area (Å²) in [5.41, 5.74) is 0.510. The molecule has 1 aliphatic rings. The predicted molar refractivity (Wildman–Crippen MR) is 89.9 cm³/mol. The molecule has 1 saturated heterocycles. The van der Waals surface area contributed by atoms with Crippen LogP contribution < -0.4 is 16.0 Å². The Bertz CT molecular complexity index is 699. The molecule has 2 amide bonds. The normalized spacial score (nSPS) is 15.0. The van der Waals surface area contributed by atoms with E-state index in [2.05, 4.69) is 16.0 Å². The third-order valence-corrected chi connectivity index (χ3v) is 5.52. The Balaban J connectivity index is 1.94. The van der Waals surface area contributed by atoms with Crippen LogP contribution in [0, 0.1) is 5.92 Å². The maximum Gasteiger partial charge on any atom is 0.243 e. The van der Waals surface area contributed by atoms with E-state index in [-0.39, 0.29) is 23.3 Å². The average Bonchev–Trinajstić information content (AvgIpc) is 2.45. The smallest absolute Gasteiger partial charge is 0.243 e. The second kappa shape index (κ2) is 7.73. The number of rotatable bonds is 7. The molecule has 9 heteroatoms. The molecule has 1 aliphatic heterocycles. The standard InChI is InChI=1S/C15H22N4O4S/c1-11(20)18-13-3-5-14(6-4-13)24(22,23)19(2)10-15(21)17-9-12-7-16-8-12/h3-6,12,16H,7-10H2,1-2H3,(H,17,21)(H,18,20). The summed E-state index contributed by atoms with van der Waals surface area (Å²) in [6.45, 7) is 3.42. The third-order valence-electron chi connectivity index (χ3n) is 3.70. The minimum Gasteiger partial charge on any atom is -0.355 e. The van der Waals surface area contributed by atoms with E-state index in [9.17, 15) is 18.0 Å². The highest BCUT2D eigenvalue weighted by atomic mass is 32.2. The molecular weight excluding hydrogens is 332 g/mol. The minimum absolute atomic E-state index is 0.0649. The molecule has 2 rings (SSSR count). The van der Waals surface area contributed by atoms with Crippen molar-refractivity contribution in [2.75, 3.05) is 38.5 Å². The van der Waals surface area contributed by atoms with Gasteiger partial charge in [0.2, 0.25) is 21.8 Å². The quantitative estimate of drug-likeness (QED) is 0.618. The Labute approximate surface area is 141 Å². The molecule has 3 N–H and O–H groups in total. The monoisotopic (exact) mass is 354 g/mol. The van der Waals surface area contributed by atoms with E-state index in [0.717, 1.165) is 17.4 Å². The summed E-state index contributed by atoms with van der Waals surface area (Å²) >= 11 is 0. The number of anilines is 1. The van der Waals surface area contributed by atoms with E-state index in [4.69, 9.17) is 0 Å². The number of likely N-dealkylation sites (N-methyl/N-ethyl adjacent to an activating group) is 1. The highest BCUT2D eigenvalue weighted by Gasteiger charge is 2.24. The Morgan fingerprint density at radius 3 is 2.38 bits per heavy atom. The SMILES string of the molecule is CC(=O)Nc1ccc(S(=O)(=O)N(C)CC(=O)NCC2CNC2)cc1. The summed E-state index contributed by atoms with van der Waals surface area (Å²) in [4.78, 5) is 22.9. The van der Waals surface area contributed by atoms with E-state index in [1.807, 2.05) is 0 Å². The second-order valence-electron chi connectivity index (χ2n) is 5.79. The van der Waals surface area contributed by atoms with Crippen LogP contribution in [0.4, 0.5) is 5.69 Å². The molecule has 0 radical (unpaired) electrons. The summed E-state index contributed by atoms with van der Waals surface area (Å²) in [5.74, 6) is -0.152. The topological polar surface area (TPSA) is 108 Å². The Kier molecular flexibility index (Phi) is 5.92. The molecule has 0 spiro atoms. The molecule has 0 aromatic heterocycles. The van der Waals surface area contributed by atoms with Crippen molar-refractivity contribution in [3.8, 4) is 0 Å². The van der Waals surface area contributed by atoms with Crippen LogP contribution in [0.3, 0.4) is 0 Å². The Morgan fingerprint density at radius 2 is 1.88 bits per heavy atom. The highest BCUT2D eigenvalue weighted by Crippen LogP contribution is 2.17. The molecule has 0 bridgehead atoms. The maximum atomic E-state index is 12.5. The molecule has 1 aromatic carbocycles. The zero-order valence-electron chi connectivity index (χ0n) is 13.7. The summed E-state index contributed by atoms with van der Waals surface area (Å²) < 4.78 is 25.9. The van der Waals surface area contributed by atoms with E-state index in [1.165, 1.54) is 38.2 Å². The number of sulfonamides is 1. The Hall–Kier alpha value is -1.97. The van der Waals surface area contributed by atoms with Gasteiger partial charge in [0.1, 0.15) is 0 Å². The van der Waals surface area contributed by atoms with Crippen LogP contribution in [-0.2, 0) is 19.6 Å². The van der Waals surface area contributed by atoms with Crippen molar-refractivity contribution in [2.24, 2.45) is 5.92 Å². The summed E-state index contributed by atoms with van der Waals surface area (Å²) in [5, 5.41) is 8.41. The van der Waals surface area contributed by atoms with Gasteiger partial charge < -0.3 is 16.0 Å². The minimum atomic E-state index is -3.76. The van der Waals surface area contributed by atoms with Crippen molar-refractivity contribution < 1.29 is 18.0 Å². The van der Waals surface area contributed by atoms with Crippen LogP contribution in [0.5, 0.6) is 0 Å². The van der Waals surface area contributed by atoms with Gasteiger partial charge in [0.25, 0.3) is 0 Å². The maximum absolute atomic E-state index is 12.5. The zero-order valence-corrected chi connectivity index (χ0v) is 14.5. The van der Waals surface area contributed by atoms with Gasteiger partial charge in [0.05, 0.1) is 11.4 Å². The lowest BCUT2D eigenvalue weighted by Gasteiger charge is -2.27. The predicted octanol–water partition coefficient (Wildman–Crippen LogP) is -0.399. The van der Waals surface area contributed by atoms with Gasteiger partial charge in [-0.2, -0.15) is 4.31 Å². The fourth-order valence-corrected chi connectivity index (χ4v) is 3.31. The lowest BCUT2D eigenvalue weighted by Crippen LogP contribution is -2.49. The number of nitrogens with zero attached hydrogens (tertiary/aromatic N) is 1. The molecule has 1 aromatic rings. The Morgan fingerprint density at radius 1 is 1.25 bits per heavy atom. The molecule has 0 atom stereocenters. The molecule has 1 heterocycles. The van der Waals surface area contributed by atoms with Gasteiger partial charge in [-0.25, -0.2) is 8.42 Å². The van der Waals surface area contributed by atoms with Gasteiger partial charge in [-0.3, -0.25) is 9.59 Å². The molecule has 0 saturated carbocycles. The van der Waals surface area contributed by atoms with Gasteiger partial charge >= 0.3 is 0 Å². The molecule has 24 heavy (non-hydrogen) atoms. The molecule has 0 unspecified atom stereocenters. The van der Waals surface area contributed by atoms with Crippen molar-refractivity contribution in [1.29, 1.82) is 0 Å². The van der Waals surface area contributed by atoms with Crippen LogP contribution in [0.25, 0.3) is 0 Å². The number of amides is 2. The lowest BCUT2D eigenvalue weighted by molar-refractivity contribution is -0.121. The fourth-order valence-electron chi connectivity index (χ4n) is 2.19. The fraction of sp³-hybridized carbons (Fsp3) is 0.467. The molecule has 1 fully saturated rings. The second-order valence-corrected chi connectivity index (χ2v) is 7.84. The van der Waals surface area contributed by atoms with Crippen molar-refractivity contribution in [2.45, 2.75) is 11.8 Å². The summed E-state index contributed by atoms with van der Waals surface area (Å²) in [6.07, 6.45) is 0. The molecule has 132 valence electrons. The van der Waals surface area contributed by atoms with Gasteiger partial charge in [-0.05, 0) is 24.3 Å². The summed E-state index contributed by atoms with van der Waals surface area (Å²) in [6, 6.07) is 5.81. The molecular formula is C15H22N4O4S. The average molecular weight is 354 g/mol. The number of hydrogen-bond donors (Lipinski definition) is 3. The first-order chi connectivity index (χ1) is 11.3. The highest BCUT2D eigenvalue weighted by molar-refractivity contribution is 7.89. The van der Waals surface area contributed by atoms with E-state index >= 15 is 0 Å². The van der Waals surface area contributed by atoms with Crippen molar-refractivity contribution >= 4 is 27.5 Å².